The molecule has 0 radical (unpaired) electrons. The van der Waals surface area contributed by atoms with Gasteiger partial charge in [0, 0.05) is 19.0 Å². The molecule has 0 saturated carbocycles. The maximum atomic E-state index is 10.7. The van der Waals surface area contributed by atoms with Crippen molar-refractivity contribution in [2.45, 2.75) is 58.9 Å². The lowest BCUT2D eigenvalue weighted by atomic mass is 9.97. The third-order valence-electron chi connectivity index (χ3n) is 4.14. The number of likely N-dealkylation sites (tertiary alicyclic amines) is 1. The molecule has 1 aliphatic heterocycles. The first kappa shape index (κ1) is 14.5. The van der Waals surface area contributed by atoms with E-state index in [1.54, 1.807) is 0 Å². The van der Waals surface area contributed by atoms with E-state index in [1.165, 1.54) is 19.3 Å². The van der Waals surface area contributed by atoms with Gasteiger partial charge < -0.3 is 10.0 Å². The molecule has 0 amide bonds. The highest BCUT2D eigenvalue weighted by atomic mass is 16.4. The first-order valence-electron chi connectivity index (χ1n) is 7.02. The van der Waals surface area contributed by atoms with Crippen molar-refractivity contribution in [1.82, 2.24) is 4.90 Å². The number of carboxylic acid groups (broad SMARTS) is 1. The van der Waals surface area contributed by atoms with Gasteiger partial charge >= 0.3 is 5.97 Å². The largest absolute Gasteiger partial charge is 0.481 e. The zero-order valence-electron chi connectivity index (χ0n) is 11.5. The minimum absolute atomic E-state index is 0.344. The quantitative estimate of drug-likeness (QED) is 0.745. The summed E-state index contributed by atoms with van der Waals surface area (Å²) in [5, 5.41) is 8.82. The summed E-state index contributed by atoms with van der Waals surface area (Å²) in [6, 6.07) is 0.656. The van der Waals surface area contributed by atoms with E-state index in [2.05, 4.69) is 25.7 Å². The SMILES string of the molecule is CCC(C)CC(CC)N1CCC(CC(=O)O)C1. The molecular weight excluding hydrogens is 214 g/mol. The van der Waals surface area contributed by atoms with Gasteiger partial charge in [0.05, 0.1) is 0 Å². The van der Waals surface area contributed by atoms with Gasteiger partial charge in [0.1, 0.15) is 0 Å². The molecule has 1 aliphatic rings. The second kappa shape index (κ2) is 7.00. The Morgan fingerprint density at radius 2 is 2.12 bits per heavy atom. The minimum Gasteiger partial charge on any atom is -0.481 e. The van der Waals surface area contributed by atoms with Crippen LogP contribution in [-0.2, 0) is 4.79 Å². The van der Waals surface area contributed by atoms with Gasteiger partial charge in [0.25, 0.3) is 0 Å². The average molecular weight is 241 g/mol. The van der Waals surface area contributed by atoms with Crippen LogP contribution in [-0.4, -0.2) is 35.1 Å². The Labute approximate surface area is 105 Å². The number of hydrogen-bond donors (Lipinski definition) is 1. The van der Waals surface area contributed by atoms with Crippen LogP contribution in [0, 0.1) is 11.8 Å². The van der Waals surface area contributed by atoms with Gasteiger partial charge in [0.2, 0.25) is 0 Å². The van der Waals surface area contributed by atoms with Gasteiger partial charge in [-0.25, -0.2) is 0 Å². The van der Waals surface area contributed by atoms with Crippen molar-refractivity contribution in [3.8, 4) is 0 Å². The summed E-state index contributed by atoms with van der Waals surface area (Å²) in [5.41, 5.74) is 0. The Morgan fingerprint density at radius 1 is 1.41 bits per heavy atom. The molecule has 1 fully saturated rings. The standard InChI is InChI=1S/C14H27NO2/c1-4-11(3)8-13(5-2)15-7-6-12(10-15)9-14(16)17/h11-13H,4-10H2,1-3H3,(H,16,17). The number of aliphatic carboxylic acids is 1. The molecule has 3 nitrogen and oxygen atoms in total. The van der Waals surface area contributed by atoms with Crippen LogP contribution in [0.3, 0.4) is 0 Å². The summed E-state index contributed by atoms with van der Waals surface area (Å²) >= 11 is 0. The second-order valence-corrected chi connectivity index (χ2v) is 5.56. The van der Waals surface area contributed by atoms with Crippen LogP contribution in [0.15, 0.2) is 0 Å². The van der Waals surface area contributed by atoms with Crippen molar-refractivity contribution in [1.29, 1.82) is 0 Å². The van der Waals surface area contributed by atoms with E-state index in [9.17, 15) is 4.79 Å². The monoisotopic (exact) mass is 241 g/mol. The summed E-state index contributed by atoms with van der Waals surface area (Å²) in [6.45, 7) is 8.88. The maximum Gasteiger partial charge on any atom is 0.303 e. The molecule has 1 N–H and O–H groups in total. The lowest BCUT2D eigenvalue weighted by molar-refractivity contribution is -0.138. The van der Waals surface area contributed by atoms with Crippen LogP contribution < -0.4 is 0 Å². The van der Waals surface area contributed by atoms with Gasteiger partial charge in [-0.3, -0.25) is 4.79 Å². The van der Waals surface area contributed by atoms with Crippen molar-refractivity contribution < 1.29 is 9.90 Å². The Hall–Kier alpha value is -0.570. The molecule has 3 heteroatoms. The highest BCUT2D eigenvalue weighted by Gasteiger charge is 2.29. The van der Waals surface area contributed by atoms with Gasteiger partial charge in [-0.05, 0) is 37.6 Å². The lowest BCUT2D eigenvalue weighted by Crippen LogP contribution is -2.34. The number of rotatable bonds is 7. The van der Waals surface area contributed by atoms with E-state index in [0.717, 1.165) is 25.4 Å². The smallest absolute Gasteiger partial charge is 0.303 e. The highest BCUT2D eigenvalue weighted by Crippen LogP contribution is 2.26. The molecule has 17 heavy (non-hydrogen) atoms. The maximum absolute atomic E-state index is 10.7. The van der Waals surface area contributed by atoms with Crippen LogP contribution in [0.1, 0.15) is 52.9 Å². The van der Waals surface area contributed by atoms with Crippen molar-refractivity contribution in [3.63, 3.8) is 0 Å². The summed E-state index contributed by atoms with van der Waals surface area (Å²) in [6.07, 6.45) is 5.08. The van der Waals surface area contributed by atoms with Crippen LogP contribution >= 0.6 is 0 Å². The van der Waals surface area contributed by atoms with E-state index < -0.39 is 5.97 Å². The molecule has 100 valence electrons. The topological polar surface area (TPSA) is 40.5 Å². The summed E-state index contributed by atoms with van der Waals surface area (Å²) in [5.74, 6) is 0.504. The van der Waals surface area contributed by atoms with Gasteiger partial charge in [-0.2, -0.15) is 0 Å². The molecule has 0 aromatic rings. The van der Waals surface area contributed by atoms with E-state index in [1.807, 2.05) is 0 Å². The highest BCUT2D eigenvalue weighted by molar-refractivity contribution is 5.67. The van der Waals surface area contributed by atoms with Crippen LogP contribution in [0.4, 0.5) is 0 Å². The lowest BCUT2D eigenvalue weighted by Gasteiger charge is -2.29. The van der Waals surface area contributed by atoms with Gasteiger partial charge in [0.15, 0.2) is 0 Å². The summed E-state index contributed by atoms with van der Waals surface area (Å²) in [7, 11) is 0. The average Bonchev–Trinajstić information content (AvgIpc) is 2.72. The Balaban J connectivity index is 2.41. The minimum atomic E-state index is -0.646. The number of carboxylic acids is 1. The van der Waals surface area contributed by atoms with Crippen molar-refractivity contribution in [3.05, 3.63) is 0 Å². The molecule has 0 aromatic heterocycles. The zero-order chi connectivity index (χ0) is 12.8. The summed E-state index contributed by atoms with van der Waals surface area (Å²) < 4.78 is 0. The Kier molecular flexibility index (Phi) is 5.96. The first-order chi connectivity index (χ1) is 8.06. The Morgan fingerprint density at radius 3 is 2.65 bits per heavy atom. The predicted molar refractivity (Wildman–Crippen MR) is 70.1 cm³/mol. The fraction of sp³-hybridized carbons (Fsp3) is 0.929. The van der Waals surface area contributed by atoms with Gasteiger partial charge in [-0.15, -0.1) is 0 Å². The third kappa shape index (κ3) is 4.66. The molecule has 0 aliphatic carbocycles. The number of carbonyl (C=O) groups is 1. The molecule has 0 bridgehead atoms. The summed E-state index contributed by atoms with van der Waals surface area (Å²) in [4.78, 5) is 13.2. The van der Waals surface area contributed by atoms with E-state index in [4.69, 9.17) is 5.11 Å². The number of nitrogens with zero attached hydrogens (tertiary/aromatic N) is 1. The second-order valence-electron chi connectivity index (χ2n) is 5.56. The molecule has 0 aromatic carbocycles. The van der Waals surface area contributed by atoms with E-state index >= 15 is 0 Å². The molecular formula is C14H27NO2. The molecule has 1 heterocycles. The van der Waals surface area contributed by atoms with Crippen LogP contribution in [0.5, 0.6) is 0 Å². The fourth-order valence-corrected chi connectivity index (χ4v) is 2.81. The molecule has 0 spiro atoms. The van der Waals surface area contributed by atoms with Crippen molar-refractivity contribution in [2.24, 2.45) is 11.8 Å². The molecule has 1 saturated heterocycles. The first-order valence-corrected chi connectivity index (χ1v) is 7.02. The van der Waals surface area contributed by atoms with Crippen LogP contribution in [0.25, 0.3) is 0 Å². The number of hydrogen-bond acceptors (Lipinski definition) is 2. The molecule has 3 unspecified atom stereocenters. The predicted octanol–water partition coefficient (Wildman–Crippen LogP) is 3.00. The molecule has 1 rings (SSSR count). The zero-order valence-corrected chi connectivity index (χ0v) is 11.5. The third-order valence-corrected chi connectivity index (χ3v) is 4.14. The van der Waals surface area contributed by atoms with Crippen LogP contribution in [0.2, 0.25) is 0 Å². The fourth-order valence-electron chi connectivity index (χ4n) is 2.81. The van der Waals surface area contributed by atoms with E-state index in [0.29, 0.717) is 18.4 Å². The van der Waals surface area contributed by atoms with Gasteiger partial charge in [-0.1, -0.05) is 27.2 Å². The van der Waals surface area contributed by atoms with Crippen molar-refractivity contribution in [2.75, 3.05) is 13.1 Å². The normalized spacial score (nSPS) is 24.8. The van der Waals surface area contributed by atoms with E-state index in [-0.39, 0.29) is 0 Å². The molecule has 3 atom stereocenters. The Bertz CT molecular complexity index is 242. The van der Waals surface area contributed by atoms with Crippen molar-refractivity contribution >= 4 is 5.97 Å².